The van der Waals surface area contributed by atoms with Crippen LogP contribution in [0, 0.1) is 0 Å². The molecule has 0 aromatic carbocycles. The number of hydrogen-bond acceptors (Lipinski definition) is 7. The zero-order valence-corrected chi connectivity index (χ0v) is 16.1. The van der Waals surface area contributed by atoms with Crippen molar-refractivity contribution in [1.29, 1.82) is 0 Å². The van der Waals surface area contributed by atoms with Gasteiger partial charge in [-0.25, -0.2) is 0 Å². The summed E-state index contributed by atoms with van der Waals surface area (Å²) >= 11 is 0. The van der Waals surface area contributed by atoms with E-state index in [4.69, 9.17) is 21.7 Å². The second kappa shape index (κ2) is 22.6. The molecule has 9 N–H and O–H groups in total. The van der Waals surface area contributed by atoms with Crippen LogP contribution in [0.25, 0.3) is 0 Å². The standard InChI is InChI=1S/C8H23N5.C4H6O4.Zn/c9-1-3-11-5-7-13-8-6-12-4-2-10;5-3(6)1-2-4(7)8;/h11-13H,1-10H2;1-2H2,(H,5,6)(H,7,8);. The zero-order valence-electron chi connectivity index (χ0n) is 13.1. The largest absolute Gasteiger partial charge is 0.481 e. The Bertz CT molecular complexity index is 236. The molecular formula is C12H29N5O4Zn. The minimum Gasteiger partial charge on any atom is -0.481 e. The molecule has 0 radical (unpaired) electrons. The Kier molecular flexibility index (Phi) is 27.0. The molecule has 0 bridgehead atoms. The van der Waals surface area contributed by atoms with Gasteiger partial charge in [0.2, 0.25) is 0 Å². The summed E-state index contributed by atoms with van der Waals surface area (Å²) in [6.45, 7) is 7.15. The van der Waals surface area contributed by atoms with Gasteiger partial charge in [0.25, 0.3) is 0 Å². The SMILES string of the molecule is NCCNCCNCCNCCN.O=C(O)CCC(=O)O.[Zn]. The van der Waals surface area contributed by atoms with Crippen molar-refractivity contribution >= 4 is 11.9 Å². The van der Waals surface area contributed by atoms with Gasteiger partial charge in [-0.2, -0.15) is 0 Å². The smallest absolute Gasteiger partial charge is 0.303 e. The van der Waals surface area contributed by atoms with Crippen molar-refractivity contribution in [3.8, 4) is 0 Å². The van der Waals surface area contributed by atoms with Crippen molar-refractivity contribution in [2.24, 2.45) is 11.5 Å². The summed E-state index contributed by atoms with van der Waals surface area (Å²) in [6, 6.07) is 0. The van der Waals surface area contributed by atoms with Crippen molar-refractivity contribution in [3.63, 3.8) is 0 Å². The molecule has 0 heterocycles. The minimum atomic E-state index is -1.08. The fourth-order valence-electron chi connectivity index (χ4n) is 1.15. The van der Waals surface area contributed by atoms with Crippen molar-refractivity contribution in [2.75, 3.05) is 52.4 Å². The summed E-state index contributed by atoms with van der Waals surface area (Å²) < 4.78 is 0. The molecule has 9 nitrogen and oxygen atoms in total. The van der Waals surface area contributed by atoms with Gasteiger partial charge in [0.15, 0.2) is 0 Å². The molecule has 0 saturated heterocycles. The second-order valence-electron chi connectivity index (χ2n) is 4.11. The second-order valence-corrected chi connectivity index (χ2v) is 4.11. The summed E-state index contributed by atoms with van der Waals surface area (Å²) in [5.74, 6) is -2.15. The van der Waals surface area contributed by atoms with Crippen molar-refractivity contribution in [1.82, 2.24) is 16.0 Å². The van der Waals surface area contributed by atoms with Gasteiger partial charge in [0.05, 0.1) is 12.8 Å². The van der Waals surface area contributed by atoms with E-state index < -0.39 is 11.9 Å². The van der Waals surface area contributed by atoms with Crippen molar-refractivity contribution < 1.29 is 39.3 Å². The first kappa shape index (κ1) is 26.3. The number of carboxylic acid groups (broad SMARTS) is 2. The Hall–Kier alpha value is -0.637. The van der Waals surface area contributed by atoms with Gasteiger partial charge < -0.3 is 37.6 Å². The van der Waals surface area contributed by atoms with Crippen LogP contribution < -0.4 is 27.4 Å². The van der Waals surface area contributed by atoms with E-state index in [-0.39, 0.29) is 32.3 Å². The van der Waals surface area contributed by atoms with Gasteiger partial charge >= 0.3 is 11.9 Å². The maximum absolute atomic E-state index is 9.64. The van der Waals surface area contributed by atoms with Crippen molar-refractivity contribution in [2.45, 2.75) is 12.8 Å². The zero-order chi connectivity index (χ0) is 16.3. The van der Waals surface area contributed by atoms with Gasteiger partial charge in [-0.1, -0.05) is 0 Å². The molecule has 0 amide bonds. The van der Waals surface area contributed by atoms with E-state index in [1.807, 2.05) is 0 Å². The summed E-state index contributed by atoms with van der Waals surface area (Å²) in [4.78, 5) is 19.3. The molecular weight excluding hydrogens is 344 g/mol. The molecule has 0 aromatic rings. The van der Waals surface area contributed by atoms with Crippen LogP contribution in [0.15, 0.2) is 0 Å². The van der Waals surface area contributed by atoms with Crippen LogP contribution in [0.4, 0.5) is 0 Å². The average Bonchev–Trinajstić information content (AvgIpc) is 2.44. The molecule has 0 aliphatic heterocycles. The third-order valence-corrected chi connectivity index (χ3v) is 2.15. The number of carboxylic acids is 2. The fourth-order valence-corrected chi connectivity index (χ4v) is 1.15. The number of rotatable bonds is 13. The predicted octanol–water partition coefficient (Wildman–Crippen LogP) is -2.39. The monoisotopic (exact) mass is 371 g/mol. The van der Waals surface area contributed by atoms with Crippen LogP contribution >= 0.6 is 0 Å². The van der Waals surface area contributed by atoms with E-state index in [0.29, 0.717) is 13.1 Å². The summed E-state index contributed by atoms with van der Waals surface area (Å²) in [6.07, 6.45) is -0.593. The number of carbonyl (C=O) groups is 2. The van der Waals surface area contributed by atoms with Crippen LogP contribution in [-0.4, -0.2) is 74.5 Å². The quantitative estimate of drug-likeness (QED) is 0.138. The van der Waals surface area contributed by atoms with Gasteiger partial charge in [-0.05, 0) is 0 Å². The normalized spacial score (nSPS) is 9.36. The van der Waals surface area contributed by atoms with E-state index >= 15 is 0 Å². The molecule has 0 aliphatic carbocycles. The topological polar surface area (TPSA) is 163 Å². The van der Waals surface area contributed by atoms with Gasteiger partial charge in [-0.3, -0.25) is 9.59 Å². The van der Waals surface area contributed by atoms with Gasteiger partial charge in [-0.15, -0.1) is 0 Å². The number of hydrogen-bond donors (Lipinski definition) is 7. The summed E-state index contributed by atoms with van der Waals surface area (Å²) in [7, 11) is 0. The molecule has 0 spiro atoms. The molecule has 0 rings (SSSR count). The first-order valence-electron chi connectivity index (χ1n) is 7.00. The Morgan fingerprint density at radius 1 is 0.682 bits per heavy atom. The number of nitrogens with one attached hydrogen (secondary N) is 3. The van der Waals surface area contributed by atoms with E-state index in [1.54, 1.807) is 0 Å². The van der Waals surface area contributed by atoms with Crippen LogP contribution in [-0.2, 0) is 29.1 Å². The van der Waals surface area contributed by atoms with Crippen molar-refractivity contribution in [3.05, 3.63) is 0 Å². The minimum absolute atomic E-state index is 0. The molecule has 0 atom stereocenters. The fraction of sp³-hybridized carbons (Fsp3) is 0.833. The molecule has 10 heteroatoms. The molecule has 0 fully saturated rings. The molecule has 0 aliphatic rings. The van der Waals surface area contributed by atoms with Crippen LogP contribution in [0.5, 0.6) is 0 Å². The van der Waals surface area contributed by atoms with Crippen LogP contribution in [0.3, 0.4) is 0 Å². The third-order valence-electron chi connectivity index (χ3n) is 2.15. The van der Waals surface area contributed by atoms with Gasteiger partial charge in [0.1, 0.15) is 0 Å². The Labute approximate surface area is 144 Å². The Balaban J connectivity index is -0.000000348. The maximum atomic E-state index is 9.64. The summed E-state index contributed by atoms with van der Waals surface area (Å²) in [5.41, 5.74) is 10.6. The summed E-state index contributed by atoms with van der Waals surface area (Å²) in [5, 5.41) is 25.5. The first-order chi connectivity index (χ1) is 10.0. The average molecular weight is 373 g/mol. The molecule has 0 saturated carbocycles. The predicted molar refractivity (Wildman–Crippen MR) is 81.2 cm³/mol. The molecule has 128 valence electrons. The first-order valence-corrected chi connectivity index (χ1v) is 7.00. The molecule has 22 heavy (non-hydrogen) atoms. The molecule has 0 aromatic heterocycles. The number of aliphatic carboxylic acids is 2. The van der Waals surface area contributed by atoms with Crippen LogP contribution in [0.1, 0.15) is 12.8 Å². The maximum Gasteiger partial charge on any atom is 0.303 e. The number of nitrogens with two attached hydrogens (primary N) is 2. The van der Waals surface area contributed by atoms with Crippen LogP contribution in [0.2, 0.25) is 0 Å². The third kappa shape index (κ3) is 31.6. The Morgan fingerprint density at radius 3 is 1.18 bits per heavy atom. The van der Waals surface area contributed by atoms with E-state index in [2.05, 4.69) is 16.0 Å². The van der Waals surface area contributed by atoms with Gasteiger partial charge in [0, 0.05) is 71.8 Å². The molecule has 0 unspecified atom stereocenters. The van der Waals surface area contributed by atoms with E-state index in [1.165, 1.54) is 0 Å². The van der Waals surface area contributed by atoms with E-state index in [9.17, 15) is 9.59 Å². The van der Waals surface area contributed by atoms with E-state index in [0.717, 1.165) is 39.3 Å². The Morgan fingerprint density at radius 2 is 0.955 bits per heavy atom.